The van der Waals surface area contributed by atoms with Crippen LogP contribution in [0, 0.1) is 11.3 Å². The first-order chi connectivity index (χ1) is 13.7. The third-order valence-corrected chi connectivity index (χ3v) is 9.92. The second-order valence-electron chi connectivity index (χ2n) is 10.1. The van der Waals surface area contributed by atoms with Crippen molar-refractivity contribution in [1.29, 1.82) is 5.26 Å². The molecule has 30 heavy (non-hydrogen) atoms. The van der Waals surface area contributed by atoms with Gasteiger partial charge in [-0.3, -0.25) is 4.79 Å². The van der Waals surface area contributed by atoms with Gasteiger partial charge in [0.25, 0.3) is 5.91 Å². The fraction of sp³-hybridized carbons (Fsp3) is 0.522. The van der Waals surface area contributed by atoms with Crippen molar-refractivity contribution in [3.05, 3.63) is 47.5 Å². The average Bonchev–Trinajstić information content (AvgIpc) is 2.99. The zero-order chi connectivity index (χ0) is 22.9. The van der Waals surface area contributed by atoms with Crippen molar-refractivity contribution in [2.24, 2.45) is 0 Å². The fourth-order valence-electron chi connectivity index (χ4n) is 2.83. The molecule has 7 heteroatoms. The number of ether oxygens (including phenoxy) is 1. The molecule has 0 bridgehead atoms. The van der Waals surface area contributed by atoms with Gasteiger partial charge in [0.05, 0.1) is 23.8 Å². The second kappa shape index (κ2) is 8.36. The van der Waals surface area contributed by atoms with Crippen molar-refractivity contribution in [1.82, 2.24) is 4.90 Å². The lowest BCUT2D eigenvalue weighted by atomic mass is 10.0. The number of carbonyl (C=O) groups excluding carboxylic acids is 2. The highest BCUT2D eigenvalue weighted by Gasteiger charge is 2.45. The van der Waals surface area contributed by atoms with E-state index < -0.39 is 38.1 Å². The monoisotopic (exact) mass is 428 g/mol. The summed E-state index contributed by atoms with van der Waals surface area (Å²) in [6.07, 6.45) is 1.83. The second-order valence-corrected chi connectivity index (χ2v) is 14.8. The van der Waals surface area contributed by atoms with E-state index in [2.05, 4.69) is 39.9 Å². The Morgan fingerprint density at radius 1 is 1.13 bits per heavy atom. The zero-order valence-corrected chi connectivity index (χ0v) is 20.1. The van der Waals surface area contributed by atoms with Crippen LogP contribution in [0.4, 0.5) is 4.79 Å². The van der Waals surface area contributed by atoms with Crippen LogP contribution in [0.2, 0.25) is 18.1 Å². The number of imide groups is 1. The first-order valence-electron chi connectivity index (χ1n) is 10.1. The molecule has 1 aliphatic heterocycles. The minimum Gasteiger partial charge on any atom is -0.443 e. The fourth-order valence-corrected chi connectivity index (χ4v) is 4.09. The maximum Gasteiger partial charge on any atom is 0.417 e. The summed E-state index contributed by atoms with van der Waals surface area (Å²) in [6, 6.07) is 8.56. The molecule has 0 aromatic heterocycles. The third kappa shape index (κ3) is 5.38. The van der Waals surface area contributed by atoms with Crippen molar-refractivity contribution in [2.45, 2.75) is 77.4 Å². The molecule has 0 N–H and O–H groups in total. The highest BCUT2D eigenvalue weighted by atomic mass is 28.4. The zero-order valence-electron chi connectivity index (χ0n) is 19.1. The van der Waals surface area contributed by atoms with Gasteiger partial charge in [0, 0.05) is 6.08 Å². The molecule has 0 saturated carbocycles. The third-order valence-electron chi connectivity index (χ3n) is 5.47. The summed E-state index contributed by atoms with van der Waals surface area (Å²) in [5, 5.41) is 9.06. The van der Waals surface area contributed by atoms with Crippen molar-refractivity contribution in [3.63, 3.8) is 0 Å². The van der Waals surface area contributed by atoms with Crippen LogP contribution in [0.25, 0.3) is 0 Å². The molecule has 1 aromatic carbocycles. The predicted molar refractivity (Wildman–Crippen MR) is 118 cm³/mol. The van der Waals surface area contributed by atoms with Gasteiger partial charge in [-0.1, -0.05) is 39.0 Å². The summed E-state index contributed by atoms with van der Waals surface area (Å²) in [4.78, 5) is 26.5. The predicted octanol–water partition coefficient (Wildman–Crippen LogP) is 5.32. The van der Waals surface area contributed by atoms with Gasteiger partial charge < -0.3 is 9.16 Å². The molecule has 0 unspecified atom stereocenters. The largest absolute Gasteiger partial charge is 0.443 e. The van der Waals surface area contributed by atoms with E-state index in [1.165, 1.54) is 6.08 Å². The topological polar surface area (TPSA) is 79.6 Å². The van der Waals surface area contributed by atoms with Gasteiger partial charge in [-0.2, -0.15) is 5.26 Å². The number of amides is 2. The lowest BCUT2D eigenvalue weighted by Gasteiger charge is -2.42. The summed E-state index contributed by atoms with van der Waals surface area (Å²) in [5.41, 5.74) is 0.609. The van der Waals surface area contributed by atoms with Crippen molar-refractivity contribution >= 4 is 20.3 Å². The Labute approximate surface area is 180 Å². The molecule has 1 aromatic rings. The standard InChI is InChI=1S/C23H32N2O4Si/c1-22(2,3)28-21(27)25-18(13-14-19(25)26)20(29-30(7,8)23(4,5)6)17-11-9-16(15-24)10-12-17/h9-14,18,20H,1-8H3/t18-,20+/m0/s1. The molecule has 0 aliphatic carbocycles. The lowest BCUT2D eigenvalue weighted by molar-refractivity contribution is -0.126. The Bertz CT molecular complexity index is 870. The van der Waals surface area contributed by atoms with Crippen LogP contribution < -0.4 is 0 Å². The molecule has 0 radical (unpaired) electrons. The lowest BCUT2D eigenvalue weighted by Crippen LogP contribution is -2.49. The molecule has 0 fully saturated rings. The molecular formula is C23H32N2O4Si. The van der Waals surface area contributed by atoms with Gasteiger partial charge in [0.1, 0.15) is 5.60 Å². The van der Waals surface area contributed by atoms with E-state index in [9.17, 15) is 9.59 Å². The maximum atomic E-state index is 12.8. The summed E-state index contributed by atoms with van der Waals surface area (Å²) in [5.74, 6) is -0.424. The van der Waals surface area contributed by atoms with Crippen LogP contribution in [0.3, 0.4) is 0 Å². The van der Waals surface area contributed by atoms with Gasteiger partial charge >= 0.3 is 6.09 Å². The number of rotatable bonds is 4. The van der Waals surface area contributed by atoms with E-state index in [0.717, 1.165) is 10.5 Å². The molecule has 2 amide bonds. The van der Waals surface area contributed by atoms with E-state index in [-0.39, 0.29) is 5.04 Å². The normalized spacial score (nSPS) is 18.3. The van der Waals surface area contributed by atoms with Crippen molar-refractivity contribution < 1.29 is 18.8 Å². The maximum absolute atomic E-state index is 12.8. The first-order valence-corrected chi connectivity index (χ1v) is 13.0. The van der Waals surface area contributed by atoms with E-state index in [0.29, 0.717) is 5.56 Å². The van der Waals surface area contributed by atoms with Gasteiger partial charge in [-0.15, -0.1) is 0 Å². The summed E-state index contributed by atoms with van der Waals surface area (Å²) in [7, 11) is -2.26. The molecule has 0 spiro atoms. The van der Waals surface area contributed by atoms with E-state index in [4.69, 9.17) is 14.4 Å². The van der Waals surface area contributed by atoms with E-state index in [1.54, 1.807) is 39.0 Å². The summed E-state index contributed by atoms with van der Waals surface area (Å²) < 4.78 is 12.2. The van der Waals surface area contributed by atoms with Gasteiger partial charge in [-0.25, -0.2) is 9.69 Å². The molecular weight excluding hydrogens is 396 g/mol. The molecule has 2 atom stereocenters. The minimum atomic E-state index is -2.26. The number of hydrogen-bond acceptors (Lipinski definition) is 5. The minimum absolute atomic E-state index is 0.0685. The summed E-state index contributed by atoms with van der Waals surface area (Å²) in [6.45, 7) is 15.9. The van der Waals surface area contributed by atoms with Gasteiger partial charge in [-0.05, 0) is 56.6 Å². The van der Waals surface area contributed by atoms with Gasteiger partial charge in [0.2, 0.25) is 0 Å². The Balaban J connectivity index is 2.49. The Kier molecular flexibility index (Phi) is 6.65. The van der Waals surface area contributed by atoms with Crippen molar-refractivity contribution in [2.75, 3.05) is 0 Å². The highest BCUT2D eigenvalue weighted by Crippen LogP contribution is 2.42. The van der Waals surface area contributed by atoms with Crippen LogP contribution in [-0.2, 0) is 14.0 Å². The number of nitrogens with zero attached hydrogens (tertiary/aromatic N) is 2. The SMILES string of the molecule is CC(C)(C)OC(=O)N1C(=O)C=C[C@H]1[C@H](O[Si](C)(C)C(C)(C)C)c1ccc(C#N)cc1. The molecule has 0 saturated heterocycles. The molecule has 1 heterocycles. The first kappa shape index (κ1) is 23.8. The van der Waals surface area contributed by atoms with E-state index >= 15 is 0 Å². The molecule has 162 valence electrons. The smallest absolute Gasteiger partial charge is 0.417 e. The quantitative estimate of drug-likeness (QED) is 0.606. The Hall–Kier alpha value is -2.43. The number of hydrogen-bond donors (Lipinski definition) is 0. The Morgan fingerprint density at radius 3 is 2.17 bits per heavy atom. The van der Waals surface area contributed by atoms with Gasteiger partial charge in [0.15, 0.2) is 8.32 Å². The highest BCUT2D eigenvalue weighted by molar-refractivity contribution is 6.74. The number of benzene rings is 1. The molecule has 2 rings (SSSR count). The number of nitriles is 1. The van der Waals surface area contributed by atoms with Crippen LogP contribution in [0.5, 0.6) is 0 Å². The Morgan fingerprint density at radius 2 is 1.70 bits per heavy atom. The molecule has 1 aliphatic rings. The van der Waals surface area contributed by atoms with Crippen LogP contribution in [0.1, 0.15) is 58.8 Å². The summed E-state index contributed by atoms with van der Waals surface area (Å²) >= 11 is 0. The van der Waals surface area contributed by atoms with E-state index in [1.807, 2.05) is 12.1 Å². The number of carbonyl (C=O) groups is 2. The average molecular weight is 429 g/mol. The van der Waals surface area contributed by atoms with Crippen molar-refractivity contribution in [3.8, 4) is 6.07 Å². The molecule has 6 nitrogen and oxygen atoms in total. The van der Waals surface area contributed by atoms with Crippen LogP contribution in [-0.4, -0.2) is 36.9 Å². The van der Waals surface area contributed by atoms with Crippen LogP contribution >= 0.6 is 0 Å². The van der Waals surface area contributed by atoms with Crippen LogP contribution in [0.15, 0.2) is 36.4 Å².